The molecule has 0 fully saturated rings. The first-order valence-corrected chi connectivity index (χ1v) is 17.0. The summed E-state index contributed by atoms with van der Waals surface area (Å²) in [4.78, 5) is 51.8. The van der Waals surface area contributed by atoms with E-state index in [0.717, 1.165) is 70.6 Å². The third-order valence-corrected chi connectivity index (χ3v) is 8.17. The Labute approximate surface area is 274 Å². The van der Waals surface area contributed by atoms with Crippen molar-refractivity contribution < 1.29 is 29.4 Å². The summed E-state index contributed by atoms with van der Waals surface area (Å²) in [7, 11) is 0. The fourth-order valence-electron chi connectivity index (χ4n) is 5.49. The minimum Gasteiger partial charge on any atom is -0.507 e. The van der Waals surface area contributed by atoms with Crippen molar-refractivity contribution in [3.8, 4) is 11.5 Å². The molecule has 0 spiro atoms. The zero-order valence-corrected chi connectivity index (χ0v) is 27.9. The van der Waals surface area contributed by atoms with Crippen LogP contribution in [0.2, 0.25) is 0 Å². The number of nitrogens with one attached hydrogen (secondary N) is 4. The van der Waals surface area contributed by atoms with E-state index in [9.17, 15) is 29.4 Å². The molecular weight excluding hydrogens is 584 g/mol. The first-order chi connectivity index (χ1) is 22.2. The van der Waals surface area contributed by atoms with Crippen LogP contribution in [-0.4, -0.2) is 33.8 Å². The molecule has 254 valence electrons. The molecule has 0 saturated carbocycles. The third-order valence-electron chi connectivity index (χ3n) is 8.17. The van der Waals surface area contributed by atoms with Gasteiger partial charge in [0.05, 0.1) is 11.1 Å². The van der Waals surface area contributed by atoms with E-state index in [1.54, 1.807) is 24.3 Å². The zero-order chi connectivity index (χ0) is 33.7. The Kier molecular flexibility index (Phi) is 17.9. The Bertz CT molecular complexity index is 1270. The average Bonchev–Trinajstić information content (AvgIpc) is 3.04. The van der Waals surface area contributed by atoms with Gasteiger partial charge in [-0.3, -0.25) is 40.9 Å². The van der Waals surface area contributed by atoms with Crippen molar-refractivity contribution >= 4 is 23.6 Å². The molecule has 0 aromatic heterocycles. The molecule has 0 saturated heterocycles. The van der Waals surface area contributed by atoms with E-state index < -0.39 is 29.5 Å². The van der Waals surface area contributed by atoms with Crippen molar-refractivity contribution in [3.05, 3.63) is 58.7 Å². The smallest absolute Gasteiger partial charge is 0.273 e. The van der Waals surface area contributed by atoms with Gasteiger partial charge >= 0.3 is 0 Å². The Hall–Kier alpha value is -4.08. The second-order valence-corrected chi connectivity index (χ2v) is 11.9. The molecule has 1 unspecified atom stereocenters. The molecule has 10 heteroatoms. The lowest BCUT2D eigenvalue weighted by Gasteiger charge is -2.18. The molecule has 0 bridgehead atoms. The van der Waals surface area contributed by atoms with Crippen LogP contribution in [0.25, 0.3) is 0 Å². The Morgan fingerprint density at radius 3 is 1.59 bits per heavy atom. The summed E-state index contributed by atoms with van der Waals surface area (Å²) >= 11 is 0. The maximum atomic E-state index is 13.2. The molecular formula is C36H54N4O6. The number of hydrogen-bond acceptors (Lipinski definition) is 6. The van der Waals surface area contributed by atoms with Gasteiger partial charge < -0.3 is 10.2 Å². The number of aryl methyl sites for hydroxylation is 2. The van der Waals surface area contributed by atoms with Crippen molar-refractivity contribution in [2.75, 3.05) is 0 Å². The predicted octanol–water partition coefficient (Wildman–Crippen LogP) is 6.54. The second-order valence-electron chi connectivity index (χ2n) is 11.9. The molecule has 0 aliphatic carbocycles. The summed E-state index contributed by atoms with van der Waals surface area (Å²) in [5.74, 6) is -2.96. The fraction of sp³-hybridized carbons (Fsp3) is 0.556. The summed E-state index contributed by atoms with van der Waals surface area (Å²) in [6.07, 6.45) is 12.8. The van der Waals surface area contributed by atoms with Gasteiger partial charge in [-0.15, -0.1) is 0 Å². The van der Waals surface area contributed by atoms with Crippen LogP contribution in [0.5, 0.6) is 11.5 Å². The SMILES string of the molecule is CCCCCCCC(CCC(=O)NNC(=O)c1c(O)cccc1CCCCC)C(=O)NNC(=O)c1c(O)cccc1CCCCC. The topological polar surface area (TPSA) is 157 Å². The number of carbonyl (C=O) groups is 4. The number of aromatic hydroxyl groups is 2. The molecule has 0 aliphatic rings. The predicted molar refractivity (Wildman–Crippen MR) is 180 cm³/mol. The highest BCUT2D eigenvalue weighted by molar-refractivity contribution is 6.00. The Balaban J connectivity index is 1.99. The van der Waals surface area contributed by atoms with Crippen LogP contribution in [0.15, 0.2) is 36.4 Å². The van der Waals surface area contributed by atoms with Gasteiger partial charge in [0.15, 0.2) is 0 Å². The molecule has 4 amide bonds. The number of hydrogen-bond donors (Lipinski definition) is 6. The van der Waals surface area contributed by atoms with Gasteiger partial charge in [-0.2, -0.15) is 0 Å². The molecule has 0 radical (unpaired) electrons. The fourth-order valence-corrected chi connectivity index (χ4v) is 5.49. The van der Waals surface area contributed by atoms with Crippen molar-refractivity contribution in [1.29, 1.82) is 0 Å². The monoisotopic (exact) mass is 638 g/mol. The van der Waals surface area contributed by atoms with Crippen molar-refractivity contribution in [1.82, 2.24) is 21.7 Å². The number of phenolic OH excluding ortho intramolecular Hbond substituents is 2. The van der Waals surface area contributed by atoms with Crippen LogP contribution < -0.4 is 21.7 Å². The van der Waals surface area contributed by atoms with E-state index in [1.807, 2.05) is 0 Å². The van der Waals surface area contributed by atoms with Crippen LogP contribution in [0.3, 0.4) is 0 Å². The lowest BCUT2D eigenvalue weighted by atomic mass is 9.95. The minimum absolute atomic E-state index is 0.0353. The van der Waals surface area contributed by atoms with Crippen molar-refractivity contribution in [2.45, 2.75) is 124 Å². The molecule has 10 nitrogen and oxygen atoms in total. The maximum absolute atomic E-state index is 13.2. The summed E-state index contributed by atoms with van der Waals surface area (Å²) < 4.78 is 0. The Morgan fingerprint density at radius 1 is 0.587 bits per heavy atom. The van der Waals surface area contributed by atoms with E-state index in [4.69, 9.17) is 0 Å². The van der Waals surface area contributed by atoms with Gasteiger partial charge in [0, 0.05) is 12.3 Å². The summed E-state index contributed by atoms with van der Waals surface area (Å²) in [6, 6.07) is 9.87. The molecule has 6 N–H and O–H groups in total. The number of phenols is 2. The first kappa shape index (κ1) is 38.1. The largest absolute Gasteiger partial charge is 0.507 e. The van der Waals surface area contributed by atoms with E-state index >= 15 is 0 Å². The molecule has 0 heterocycles. The highest BCUT2D eigenvalue weighted by atomic mass is 16.3. The van der Waals surface area contributed by atoms with Crippen molar-refractivity contribution in [3.63, 3.8) is 0 Å². The van der Waals surface area contributed by atoms with Gasteiger partial charge in [-0.1, -0.05) is 103 Å². The van der Waals surface area contributed by atoms with Crippen LogP contribution in [-0.2, 0) is 22.4 Å². The summed E-state index contributed by atoms with van der Waals surface area (Å²) in [5.41, 5.74) is 11.5. The van der Waals surface area contributed by atoms with Gasteiger partial charge in [0.1, 0.15) is 11.5 Å². The molecule has 1 atom stereocenters. The normalized spacial score (nSPS) is 11.5. The lowest BCUT2D eigenvalue weighted by Crippen LogP contribution is -2.45. The molecule has 2 aromatic carbocycles. The standard InChI is InChI=1S/C36H54N4O6/c1-4-7-10-11-14-19-28(34(44)38-40-36(46)33-27(18-13-9-6-3)21-16-23-30(33)42)24-25-31(43)37-39-35(45)32-26(17-12-8-5-2)20-15-22-29(32)41/h15-16,20-23,28,41-42H,4-14,17-19,24-25H2,1-3H3,(H,37,43)(H,38,44)(H,39,45)(H,40,46). The zero-order valence-electron chi connectivity index (χ0n) is 27.9. The average molecular weight is 639 g/mol. The maximum Gasteiger partial charge on any atom is 0.273 e. The van der Waals surface area contributed by atoms with Gasteiger partial charge in [0.25, 0.3) is 11.8 Å². The summed E-state index contributed by atoms with van der Waals surface area (Å²) in [5, 5.41) is 20.7. The van der Waals surface area contributed by atoms with Crippen LogP contribution in [0.4, 0.5) is 0 Å². The van der Waals surface area contributed by atoms with Gasteiger partial charge in [-0.25, -0.2) is 0 Å². The number of carbonyl (C=O) groups excluding carboxylic acids is 4. The first-order valence-electron chi connectivity index (χ1n) is 17.0. The number of amides is 4. The van der Waals surface area contributed by atoms with Gasteiger partial charge in [0.2, 0.25) is 11.8 Å². The van der Waals surface area contributed by atoms with Gasteiger partial charge in [-0.05, 0) is 61.8 Å². The van der Waals surface area contributed by atoms with Crippen LogP contribution in [0.1, 0.15) is 143 Å². The lowest BCUT2D eigenvalue weighted by molar-refractivity contribution is -0.127. The summed E-state index contributed by atoms with van der Waals surface area (Å²) in [6.45, 7) is 6.30. The quantitative estimate of drug-likeness (QED) is 0.0714. The van der Waals surface area contributed by atoms with E-state index in [1.165, 1.54) is 12.1 Å². The number of hydrazine groups is 2. The Morgan fingerprint density at radius 2 is 1.07 bits per heavy atom. The molecule has 2 aromatic rings. The highest BCUT2D eigenvalue weighted by Gasteiger charge is 2.23. The van der Waals surface area contributed by atoms with E-state index in [0.29, 0.717) is 30.4 Å². The van der Waals surface area contributed by atoms with Crippen molar-refractivity contribution in [2.24, 2.45) is 5.92 Å². The highest BCUT2D eigenvalue weighted by Crippen LogP contribution is 2.24. The number of unbranched alkanes of at least 4 members (excludes halogenated alkanes) is 8. The second kappa shape index (κ2) is 21.6. The number of rotatable bonds is 20. The minimum atomic E-state index is -0.607. The van der Waals surface area contributed by atoms with Crippen LogP contribution in [0, 0.1) is 5.92 Å². The third kappa shape index (κ3) is 13.1. The van der Waals surface area contributed by atoms with Crippen LogP contribution >= 0.6 is 0 Å². The molecule has 2 rings (SSSR count). The number of benzene rings is 2. The van der Waals surface area contributed by atoms with E-state index in [2.05, 4.69) is 42.5 Å². The van der Waals surface area contributed by atoms with E-state index in [-0.39, 0.29) is 35.5 Å². The molecule has 46 heavy (non-hydrogen) atoms. The molecule has 0 aliphatic heterocycles.